The van der Waals surface area contributed by atoms with Gasteiger partial charge in [-0.3, -0.25) is 0 Å². The molecule has 0 saturated heterocycles. The first kappa shape index (κ1) is 20.2. The highest BCUT2D eigenvalue weighted by Crippen LogP contribution is 2.44. The van der Waals surface area contributed by atoms with Crippen LogP contribution in [0.15, 0.2) is 138 Å². The van der Waals surface area contributed by atoms with Gasteiger partial charge in [-0.2, -0.15) is 0 Å². The van der Waals surface area contributed by atoms with Crippen LogP contribution in [0.3, 0.4) is 0 Å². The Labute approximate surface area is 188 Å². The molecule has 1 heterocycles. The zero-order chi connectivity index (χ0) is 21.8. The topological polar surface area (TPSA) is 28.4 Å². The Morgan fingerprint density at radius 3 is 1.16 bits per heavy atom. The molecule has 2 nitrogen and oxygen atoms in total. The second-order valence-corrected chi connectivity index (χ2v) is 10.3. The van der Waals surface area contributed by atoms with Crippen molar-refractivity contribution >= 4 is 23.1 Å². The Bertz CT molecular complexity index is 1270. The molecule has 0 unspecified atom stereocenters. The fourth-order valence-corrected chi connectivity index (χ4v) is 6.56. The number of benzene rings is 4. The highest BCUT2D eigenvalue weighted by Gasteiger charge is 2.34. The Kier molecular flexibility index (Phi) is 5.54. The van der Waals surface area contributed by atoms with Gasteiger partial charge in [-0.05, 0) is 24.3 Å². The predicted octanol–water partition coefficient (Wildman–Crippen LogP) is 6.53. The lowest BCUT2D eigenvalue weighted by Crippen LogP contribution is -2.25. The summed E-state index contributed by atoms with van der Waals surface area (Å²) in [5, 5.41) is 2.35. The van der Waals surface area contributed by atoms with Crippen molar-refractivity contribution in [2.75, 3.05) is 0 Å². The zero-order valence-corrected chi connectivity index (χ0v) is 18.4. The molecule has 0 bridgehead atoms. The van der Waals surface area contributed by atoms with Gasteiger partial charge < -0.3 is 4.57 Å². The maximum atomic E-state index is 14.9. The average Bonchev–Trinajstić information content (AvgIpc) is 2.90. The van der Waals surface area contributed by atoms with Gasteiger partial charge in [0.2, 0.25) is 0 Å². The van der Waals surface area contributed by atoms with Crippen LogP contribution in [0, 0.1) is 0 Å². The number of rotatable bonds is 5. The molecule has 5 aromatic rings. The highest BCUT2D eigenvalue weighted by atomic mass is 31.2. The summed E-state index contributed by atoms with van der Waals surface area (Å²) in [7, 11) is -3.13. The Hall–Kier alpha value is -3.74. The second-order valence-electron chi connectivity index (χ2n) is 7.56. The van der Waals surface area contributed by atoms with Crippen LogP contribution in [0.5, 0.6) is 0 Å². The van der Waals surface area contributed by atoms with E-state index in [9.17, 15) is 4.57 Å². The van der Waals surface area contributed by atoms with Gasteiger partial charge in [-0.1, -0.05) is 97.1 Å². The maximum absolute atomic E-state index is 14.9. The summed E-state index contributed by atoms with van der Waals surface area (Å²) < 4.78 is 21.3. The van der Waals surface area contributed by atoms with Crippen molar-refractivity contribution in [1.29, 1.82) is 0 Å². The molecule has 0 atom stereocenters. The fraction of sp³-hybridized carbons (Fsp3) is 0. The van der Waals surface area contributed by atoms with Crippen molar-refractivity contribution in [2.24, 2.45) is 0 Å². The summed E-state index contributed by atoms with van der Waals surface area (Å²) in [5.41, 5.74) is 1.89. The molecule has 0 N–H and O–H groups in total. The Balaban J connectivity index is 1.81. The third-order valence-corrected chi connectivity index (χ3v) is 8.53. The lowest BCUT2D eigenvalue weighted by Gasteiger charge is -2.19. The molecule has 0 fully saturated rings. The van der Waals surface area contributed by atoms with Gasteiger partial charge in [0.25, 0.3) is 0 Å². The quantitative estimate of drug-likeness (QED) is 0.233. The van der Waals surface area contributed by atoms with Gasteiger partial charge in [-0.25, -0.2) is 4.42 Å². The normalized spacial score (nSPS) is 11.2. The smallest absolute Gasteiger partial charge is 0.309 e. The van der Waals surface area contributed by atoms with Gasteiger partial charge in [0.15, 0.2) is 7.14 Å². The van der Waals surface area contributed by atoms with Crippen molar-refractivity contribution < 1.29 is 8.98 Å². The van der Waals surface area contributed by atoms with E-state index in [1.165, 1.54) is 0 Å². The van der Waals surface area contributed by atoms with E-state index in [-0.39, 0.29) is 0 Å². The Morgan fingerprint density at radius 1 is 0.438 bits per heavy atom. The van der Waals surface area contributed by atoms with Crippen LogP contribution < -0.4 is 15.9 Å². The van der Waals surface area contributed by atoms with Crippen LogP contribution in [0.25, 0.3) is 22.6 Å². The summed E-state index contributed by atoms with van der Waals surface area (Å²) >= 11 is 0. The SMILES string of the molecule is O=P(c1ccccc1)(c1ccccc1)c1cc(-c2ccccc2)[o+]c(-c2ccccc2)c1. The van der Waals surface area contributed by atoms with Crippen molar-refractivity contribution in [2.45, 2.75) is 0 Å². The van der Waals surface area contributed by atoms with Crippen molar-refractivity contribution in [3.63, 3.8) is 0 Å². The summed E-state index contributed by atoms with van der Waals surface area (Å²) in [6.07, 6.45) is 0. The molecule has 0 aliphatic heterocycles. The molecule has 5 rings (SSSR count). The summed E-state index contributed by atoms with van der Waals surface area (Å²) in [6, 6.07) is 43.2. The van der Waals surface area contributed by atoms with Gasteiger partial charge in [0.1, 0.15) is 0 Å². The fourth-order valence-electron chi connectivity index (χ4n) is 3.88. The molecular weight excluding hydrogens is 411 g/mol. The minimum atomic E-state index is -3.13. The van der Waals surface area contributed by atoms with E-state index in [0.29, 0.717) is 11.5 Å². The van der Waals surface area contributed by atoms with Crippen molar-refractivity contribution in [3.8, 4) is 22.6 Å². The van der Waals surface area contributed by atoms with Crippen LogP contribution in [-0.4, -0.2) is 0 Å². The lowest BCUT2D eigenvalue weighted by molar-refractivity contribution is 0.580. The summed E-state index contributed by atoms with van der Waals surface area (Å²) in [5.74, 6) is 1.38. The molecule has 32 heavy (non-hydrogen) atoms. The van der Waals surface area contributed by atoms with E-state index >= 15 is 0 Å². The first-order valence-corrected chi connectivity index (χ1v) is 12.3. The largest absolute Gasteiger partial charge is 0.361 e. The van der Waals surface area contributed by atoms with Crippen LogP contribution in [0.1, 0.15) is 0 Å². The minimum absolute atomic E-state index is 0.689. The first-order valence-electron chi connectivity index (χ1n) is 10.6. The predicted molar refractivity (Wildman–Crippen MR) is 133 cm³/mol. The number of hydrogen-bond acceptors (Lipinski definition) is 1. The molecular formula is C29H22O2P+. The standard InChI is InChI=1S/C29H22O2P/c30-32(25-17-9-3-10-18-25,26-19-11-4-12-20-26)27-21-28(23-13-5-1-6-14-23)31-29(22-27)24-15-7-2-8-16-24/h1-22H/q+1. The van der Waals surface area contributed by atoms with Gasteiger partial charge in [-0.15, -0.1) is 0 Å². The average molecular weight is 433 g/mol. The van der Waals surface area contributed by atoms with Crippen LogP contribution in [0.4, 0.5) is 0 Å². The molecule has 3 heteroatoms. The first-order chi connectivity index (χ1) is 15.7. The van der Waals surface area contributed by atoms with Crippen LogP contribution in [-0.2, 0) is 4.57 Å². The number of hydrogen-bond donors (Lipinski definition) is 0. The zero-order valence-electron chi connectivity index (χ0n) is 17.5. The highest BCUT2D eigenvalue weighted by molar-refractivity contribution is 7.85. The molecule has 0 radical (unpaired) electrons. The molecule has 0 saturated carbocycles. The van der Waals surface area contributed by atoms with E-state index < -0.39 is 7.14 Å². The molecule has 0 aliphatic carbocycles. The second kappa shape index (κ2) is 8.78. The minimum Gasteiger partial charge on any atom is -0.309 e. The van der Waals surface area contributed by atoms with E-state index in [1.54, 1.807) is 0 Å². The molecule has 1 aromatic heterocycles. The summed E-state index contributed by atoms with van der Waals surface area (Å²) in [4.78, 5) is 0. The van der Waals surface area contributed by atoms with Gasteiger partial charge in [0.05, 0.1) is 23.3 Å². The van der Waals surface area contributed by atoms with E-state index in [0.717, 1.165) is 27.0 Å². The molecule has 154 valence electrons. The van der Waals surface area contributed by atoms with Crippen molar-refractivity contribution in [3.05, 3.63) is 133 Å². The third-order valence-electron chi connectivity index (χ3n) is 5.50. The van der Waals surface area contributed by atoms with E-state index in [1.807, 2.05) is 133 Å². The van der Waals surface area contributed by atoms with Crippen LogP contribution in [0.2, 0.25) is 0 Å². The molecule has 4 aromatic carbocycles. The molecule has 0 amide bonds. The monoisotopic (exact) mass is 433 g/mol. The van der Waals surface area contributed by atoms with Crippen LogP contribution >= 0.6 is 7.14 Å². The van der Waals surface area contributed by atoms with Gasteiger partial charge in [0, 0.05) is 15.9 Å². The third kappa shape index (κ3) is 3.82. The van der Waals surface area contributed by atoms with Gasteiger partial charge >= 0.3 is 11.5 Å². The lowest BCUT2D eigenvalue weighted by atomic mass is 10.1. The Morgan fingerprint density at radius 2 is 0.781 bits per heavy atom. The summed E-state index contributed by atoms with van der Waals surface area (Å²) in [6.45, 7) is 0. The van der Waals surface area contributed by atoms with E-state index in [4.69, 9.17) is 4.42 Å². The van der Waals surface area contributed by atoms with E-state index in [2.05, 4.69) is 0 Å². The maximum Gasteiger partial charge on any atom is 0.361 e. The molecule has 0 spiro atoms. The van der Waals surface area contributed by atoms with Crippen molar-refractivity contribution in [1.82, 2.24) is 0 Å². The molecule has 0 aliphatic rings.